The molecule has 0 spiro atoms. The SMILES string of the molecule is O=c1oc2c(c(O)c1Sc1cccc[n+]1[O-])c(=O)n(Cc1ccccc1)c1ccccc21. The Morgan fingerprint density at radius 2 is 1.69 bits per heavy atom. The lowest BCUT2D eigenvalue weighted by Gasteiger charge is -2.14. The van der Waals surface area contributed by atoms with Crippen LogP contribution in [0.4, 0.5) is 0 Å². The third kappa shape index (κ3) is 3.30. The Labute approximate surface area is 185 Å². The third-order valence-electron chi connectivity index (χ3n) is 5.14. The van der Waals surface area contributed by atoms with E-state index in [4.69, 9.17) is 4.42 Å². The van der Waals surface area contributed by atoms with Crippen molar-refractivity contribution in [2.45, 2.75) is 16.5 Å². The van der Waals surface area contributed by atoms with Crippen molar-refractivity contribution in [1.29, 1.82) is 0 Å². The lowest BCUT2D eigenvalue weighted by Crippen LogP contribution is -2.28. The van der Waals surface area contributed by atoms with E-state index < -0.39 is 16.9 Å². The van der Waals surface area contributed by atoms with Gasteiger partial charge in [0.05, 0.1) is 12.1 Å². The van der Waals surface area contributed by atoms with Gasteiger partial charge in [-0.3, -0.25) is 4.79 Å². The molecule has 0 aliphatic rings. The van der Waals surface area contributed by atoms with Crippen molar-refractivity contribution in [2.75, 3.05) is 0 Å². The van der Waals surface area contributed by atoms with Crippen LogP contribution in [0.2, 0.25) is 0 Å². The maximum absolute atomic E-state index is 13.5. The zero-order chi connectivity index (χ0) is 22.2. The normalized spacial score (nSPS) is 11.2. The first kappa shape index (κ1) is 19.9. The molecule has 3 heterocycles. The number of hydrogen-bond acceptors (Lipinski definition) is 6. The number of hydrogen-bond donors (Lipinski definition) is 1. The van der Waals surface area contributed by atoms with Crippen molar-refractivity contribution in [1.82, 2.24) is 4.57 Å². The van der Waals surface area contributed by atoms with Crippen LogP contribution >= 0.6 is 11.8 Å². The van der Waals surface area contributed by atoms with Crippen LogP contribution in [0, 0.1) is 5.21 Å². The second-order valence-electron chi connectivity index (χ2n) is 7.13. The minimum atomic E-state index is -0.825. The molecule has 8 heteroatoms. The molecule has 0 unspecified atom stereocenters. The van der Waals surface area contributed by atoms with Crippen LogP contribution in [0.25, 0.3) is 21.9 Å². The lowest BCUT2D eigenvalue weighted by molar-refractivity contribution is -0.645. The maximum atomic E-state index is 13.5. The van der Waals surface area contributed by atoms with Gasteiger partial charge in [0.1, 0.15) is 10.3 Å². The molecule has 1 N–H and O–H groups in total. The molecule has 0 bridgehead atoms. The highest BCUT2D eigenvalue weighted by atomic mass is 32.2. The van der Waals surface area contributed by atoms with Crippen LogP contribution in [0.3, 0.4) is 0 Å². The molecule has 0 atom stereocenters. The topological polar surface area (TPSA) is 99.4 Å². The summed E-state index contributed by atoms with van der Waals surface area (Å²) in [6.45, 7) is 0.274. The number of aromatic hydroxyl groups is 1. The number of pyridine rings is 2. The second-order valence-corrected chi connectivity index (χ2v) is 8.16. The number of rotatable bonds is 4. The molecule has 0 aliphatic heterocycles. The van der Waals surface area contributed by atoms with E-state index in [9.17, 15) is 19.9 Å². The van der Waals surface area contributed by atoms with E-state index in [1.807, 2.05) is 30.3 Å². The zero-order valence-corrected chi connectivity index (χ0v) is 17.4. The van der Waals surface area contributed by atoms with E-state index in [2.05, 4.69) is 0 Å². The highest BCUT2D eigenvalue weighted by Crippen LogP contribution is 2.36. The fraction of sp³-hybridized carbons (Fsp3) is 0.0417. The van der Waals surface area contributed by atoms with Gasteiger partial charge in [-0.2, -0.15) is 4.73 Å². The van der Waals surface area contributed by atoms with Crippen LogP contribution in [0.1, 0.15) is 5.56 Å². The quantitative estimate of drug-likeness (QED) is 0.258. The number of aromatic nitrogens is 2. The van der Waals surface area contributed by atoms with E-state index in [0.29, 0.717) is 15.6 Å². The molecule has 5 rings (SSSR count). The highest BCUT2D eigenvalue weighted by Gasteiger charge is 2.24. The Bertz CT molecular complexity index is 1590. The molecule has 2 aromatic carbocycles. The molecule has 0 saturated heterocycles. The summed E-state index contributed by atoms with van der Waals surface area (Å²) < 4.78 is 7.63. The van der Waals surface area contributed by atoms with Gasteiger partial charge in [-0.25, -0.2) is 4.79 Å². The summed E-state index contributed by atoms with van der Waals surface area (Å²) in [6, 6.07) is 21.2. The van der Waals surface area contributed by atoms with Gasteiger partial charge < -0.3 is 19.3 Å². The summed E-state index contributed by atoms with van der Waals surface area (Å²) in [7, 11) is 0. The Hall–Kier alpha value is -4.04. The van der Waals surface area contributed by atoms with Crippen molar-refractivity contribution < 1.29 is 14.3 Å². The predicted octanol–water partition coefficient (Wildman–Crippen LogP) is 3.65. The van der Waals surface area contributed by atoms with E-state index >= 15 is 0 Å². The number of fused-ring (bicyclic) bond motifs is 3. The summed E-state index contributed by atoms with van der Waals surface area (Å²) in [5.74, 6) is -0.498. The molecule has 0 amide bonds. The molecule has 0 fully saturated rings. The Morgan fingerprint density at radius 3 is 2.47 bits per heavy atom. The van der Waals surface area contributed by atoms with Gasteiger partial charge in [-0.1, -0.05) is 42.5 Å². The fourth-order valence-electron chi connectivity index (χ4n) is 3.65. The van der Waals surface area contributed by atoms with Crippen LogP contribution in [-0.4, -0.2) is 9.67 Å². The van der Waals surface area contributed by atoms with Crippen LogP contribution in [0.15, 0.2) is 103 Å². The van der Waals surface area contributed by atoms with Crippen LogP contribution in [-0.2, 0) is 6.54 Å². The smallest absolute Gasteiger partial charge is 0.354 e. The Kier molecular flexibility index (Phi) is 4.91. The Balaban J connectivity index is 1.80. The molecule has 0 aliphatic carbocycles. The van der Waals surface area contributed by atoms with Gasteiger partial charge in [0.15, 0.2) is 17.5 Å². The number of para-hydroxylation sites is 1. The maximum Gasteiger partial charge on any atom is 0.354 e. The van der Waals surface area contributed by atoms with E-state index in [1.165, 1.54) is 16.8 Å². The fourth-order valence-corrected chi connectivity index (χ4v) is 4.48. The van der Waals surface area contributed by atoms with Crippen molar-refractivity contribution in [3.05, 3.63) is 111 Å². The summed E-state index contributed by atoms with van der Waals surface area (Å²) in [6.07, 6.45) is 1.28. The molecule has 32 heavy (non-hydrogen) atoms. The first-order valence-electron chi connectivity index (χ1n) is 9.76. The largest absolute Gasteiger partial charge is 0.618 e. The summed E-state index contributed by atoms with van der Waals surface area (Å²) in [4.78, 5) is 26.0. The molecule has 7 nitrogen and oxygen atoms in total. The van der Waals surface area contributed by atoms with Crippen LogP contribution in [0.5, 0.6) is 5.75 Å². The van der Waals surface area contributed by atoms with E-state index in [-0.39, 0.29) is 27.4 Å². The second kappa shape index (κ2) is 7.90. The highest BCUT2D eigenvalue weighted by molar-refractivity contribution is 7.99. The van der Waals surface area contributed by atoms with Crippen molar-refractivity contribution >= 4 is 33.6 Å². The van der Waals surface area contributed by atoms with Crippen LogP contribution < -0.4 is 15.9 Å². The Morgan fingerprint density at radius 1 is 0.969 bits per heavy atom. The molecule has 3 aromatic heterocycles. The number of nitrogens with zero attached hydrogens (tertiary/aromatic N) is 2. The molecule has 0 radical (unpaired) electrons. The third-order valence-corrected chi connectivity index (χ3v) is 6.23. The van der Waals surface area contributed by atoms with Gasteiger partial charge in [0, 0.05) is 17.5 Å². The first-order valence-corrected chi connectivity index (χ1v) is 10.6. The lowest BCUT2D eigenvalue weighted by atomic mass is 10.1. The molecular formula is C24H16N2O5S. The molecular weight excluding hydrogens is 428 g/mol. The molecule has 158 valence electrons. The first-order chi connectivity index (χ1) is 15.5. The predicted molar refractivity (Wildman–Crippen MR) is 121 cm³/mol. The van der Waals surface area contributed by atoms with E-state index in [0.717, 1.165) is 17.3 Å². The summed E-state index contributed by atoms with van der Waals surface area (Å²) in [5, 5.41) is 23.6. The van der Waals surface area contributed by atoms with Crippen molar-refractivity contribution in [2.24, 2.45) is 0 Å². The minimum absolute atomic E-state index is 0.0184. The average molecular weight is 444 g/mol. The van der Waals surface area contributed by atoms with E-state index in [1.54, 1.807) is 36.4 Å². The monoisotopic (exact) mass is 444 g/mol. The van der Waals surface area contributed by atoms with Crippen molar-refractivity contribution in [3.8, 4) is 5.75 Å². The zero-order valence-electron chi connectivity index (χ0n) is 16.6. The molecule has 5 aromatic rings. The average Bonchev–Trinajstić information content (AvgIpc) is 2.81. The van der Waals surface area contributed by atoms with Gasteiger partial charge in [-0.15, -0.1) is 0 Å². The summed E-state index contributed by atoms with van der Waals surface area (Å²) >= 11 is 0.752. The number of benzene rings is 2. The summed E-state index contributed by atoms with van der Waals surface area (Å²) in [5.41, 5.74) is 0.187. The van der Waals surface area contributed by atoms with Gasteiger partial charge in [0.2, 0.25) is 0 Å². The molecule has 0 saturated carbocycles. The van der Waals surface area contributed by atoms with Gasteiger partial charge in [0.25, 0.3) is 10.6 Å². The minimum Gasteiger partial charge on any atom is -0.618 e. The van der Waals surface area contributed by atoms with Gasteiger partial charge >= 0.3 is 5.63 Å². The standard InChI is InChI=1S/C24H16N2O5S/c27-20-19-21(31-24(29)22(20)32-18-12-6-7-13-26(18)30)16-10-4-5-11-17(16)25(23(19)28)14-15-8-2-1-3-9-15/h1-13,27H,14H2. The van der Waals surface area contributed by atoms with Crippen molar-refractivity contribution in [3.63, 3.8) is 0 Å². The van der Waals surface area contributed by atoms with Gasteiger partial charge in [-0.05, 0) is 35.5 Å².